The highest BCUT2D eigenvalue weighted by molar-refractivity contribution is 5.98. The first kappa shape index (κ1) is 22.6. The Kier molecular flexibility index (Phi) is 8.56. The van der Waals surface area contributed by atoms with Gasteiger partial charge in [-0.2, -0.15) is 0 Å². The third-order valence-electron chi connectivity index (χ3n) is 4.32. The maximum Gasteiger partial charge on any atom is 0.303 e. The molecule has 0 aliphatic carbocycles. The summed E-state index contributed by atoms with van der Waals surface area (Å²) in [5, 5.41) is 16.6. The van der Waals surface area contributed by atoms with Gasteiger partial charge in [0.15, 0.2) is 0 Å². The van der Waals surface area contributed by atoms with E-state index in [1.807, 2.05) is 42.5 Å². The average Bonchev–Trinajstić information content (AvgIpc) is 2.74. The normalized spacial score (nSPS) is 11.2. The van der Waals surface area contributed by atoms with Gasteiger partial charge in [0.25, 0.3) is 5.91 Å². The molecule has 0 unspecified atom stereocenters. The van der Waals surface area contributed by atoms with Gasteiger partial charge in [-0.05, 0) is 29.7 Å². The third-order valence-corrected chi connectivity index (χ3v) is 4.32. The summed E-state index contributed by atoms with van der Waals surface area (Å²) in [6.07, 6.45) is -0.313. The van der Waals surface area contributed by atoms with E-state index in [9.17, 15) is 19.2 Å². The summed E-state index contributed by atoms with van der Waals surface area (Å²) in [4.78, 5) is 46.7. The van der Waals surface area contributed by atoms with Gasteiger partial charge in [-0.15, -0.1) is 0 Å². The fourth-order valence-electron chi connectivity index (χ4n) is 2.77. The molecule has 30 heavy (non-hydrogen) atoms. The van der Waals surface area contributed by atoms with E-state index in [1.165, 1.54) is 6.92 Å². The number of amides is 3. The monoisotopic (exact) mass is 411 g/mol. The minimum Gasteiger partial charge on any atom is -0.481 e. The van der Waals surface area contributed by atoms with Gasteiger partial charge in [0, 0.05) is 32.0 Å². The first-order valence-corrected chi connectivity index (χ1v) is 9.57. The molecule has 0 aliphatic rings. The predicted octanol–water partition coefficient (Wildman–Crippen LogP) is 1.57. The Bertz CT molecular complexity index is 881. The number of carbonyl (C=O) groups is 4. The molecule has 4 N–H and O–H groups in total. The highest BCUT2D eigenvalue weighted by Gasteiger charge is 2.22. The summed E-state index contributed by atoms with van der Waals surface area (Å²) < 4.78 is 0. The van der Waals surface area contributed by atoms with Crippen LogP contribution in [0.1, 0.15) is 30.1 Å². The molecule has 2 aromatic carbocycles. The average molecular weight is 411 g/mol. The molecule has 8 nitrogen and oxygen atoms in total. The zero-order valence-electron chi connectivity index (χ0n) is 16.7. The fourth-order valence-corrected chi connectivity index (χ4v) is 2.77. The van der Waals surface area contributed by atoms with Gasteiger partial charge in [0.05, 0.1) is 0 Å². The number of hydrogen-bond donors (Lipinski definition) is 4. The molecule has 0 bridgehead atoms. The summed E-state index contributed by atoms with van der Waals surface area (Å²) in [7, 11) is 0. The number of aliphatic carboxylic acids is 1. The second kappa shape index (κ2) is 11.4. The Morgan fingerprint density at radius 1 is 0.867 bits per heavy atom. The summed E-state index contributed by atoms with van der Waals surface area (Å²) in [5.41, 5.74) is 2.33. The van der Waals surface area contributed by atoms with E-state index in [4.69, 9.17) is 5.11 Å². The molecule has 0 aliphatic heterocycles. The van der Waals surface area contributed by atoms with Crippen LogP contribution in [0.25, 0.3) is 11.1 Å². The summed E-state index contributed by atoms with van der Waals surface area (Å²) >= 11 is 0. The Hall–Kier alpha value is -3.68. The Labute approximate surface area is 174 Å². The fraction of sp³-hybridized carbons (Fsp3) is 0.273. The number of carboxylic acid groups (broad SMARTS) is 1. The van der Waals surface area contributed by atoms with Crippen LogP contribution in [-0.4, -0.2) is 47.9 Å². The van der Waals surface area contributed by atoms with E-state index in [-0.39, 0.29) is 31.8 Å². The molecule has 3 amide bonds. The quantitative estimate of drug-likeness (QED) is 0.442. The number of benzene rings is 2. The van der Waals surface area contributed by atoms with Crippen LogP contribution in [0.2, 0.25) is 0 Å². The van der Waals surface area contributed by atoms with E-state index >= 15 is 0 Å². The maximum absolute atomic E-state index is 12.6. The number of hydrogen-bond acceptors (Lipinski definition) is 4. The lowest BCUT2D eigenvalue weighted by Gasteiger charge is -2.18. The van der Waals surface area contributed by atoms with E-state index in [1.54, 1.807) is 12.1 Å². The summed E-state index contributed by atoms with van der Waals surface area (Å²) in [6, 6.07) is 15.6. The second-order valence-electron chi connectivity index (χ2n) is 6.68. The van der Waals surface area contributed by atoms with Crippen LogP contribution in [0.5, 0.6) is 0 Å². The van der Waals surface area contributed by atoms with Gasteiger partial charge in [-0.1, -0.05) is 42.5 Å². The molecule has 0 aromatic heterocycles. The van der Waals surface area contributed by atoms with Crippen molar-refractivity contribution in [2.45, 2.75) is 25.8 Å². The van der Waals surface area contributed by atoms with E-state index < -0.39 is 23.8 Å². The molecule has 0 radical (unpaired) electrons. The van der Waals surface area contributed by atoms with Crippen LogP contribution in [0.3, 0.4) is 0 Å². The molecule has 0 fully saturated rings. The van der Waals surface area contributed by atoms with E-state index in [0.717, 1.165) is 11.1 Å². The molecule has 0 saturated heterocycles. The zero-order valence-corrected chi connectivity index (χ0v) is 16.7. The highest BCUT2D eigenvalue weighted by atomic mass is 16.4. The predicted molar refractivity (Wildman–Crippen MR) is 112 cm³/mol. The number of carboxylic acids is 1. The van der Waals surface area contributed by atoms with Crippen LogP contribution in [0.4, 0.5) is 0 Å². The molecular weight excluding hydrogens is 386 g/mol. The summed E-state index contributed by atoms with van der Waals surface area (Å²) in [6.45, 7) is 1.77. The molecule has 0 spiro atoms. The molecule has 2 rings (SSSR count). The van der Waals surface area contributed by atoms with Crippen LogP contribution < -0.4 is 16.0 Å². The van der Waals surface area contributed by atoms with Crippen LogP contribution in [-0.2, 0) is 14.4 Å². The number of rotatable bonds is 10. The molecule has 2 aromatic rings. The lowest BCUT2D eigenvalue weighted by molar-refractivity contribution is -0.137. The Morgan fingerprint density at radius 2 is 1.47 bits per heavy atom. The lowest BCUT2D eigenvalue weighted by atomic mass is 10.0. The smallest absolute Gasteiger partial charge is 0.303 e. The minimum atomic E-state index is -1.06. The van der Waals surface area contributed by atoms with Crippen LogP contribution in [0, 0.1) is 0 Å². The standard InChI is InChI=1S/C22H25N3O5/c1-15(26)23-13-14-24-22(30)19(11-12-20(27)28)25-21(29)18-9-7-17(8-10-18)16-5-3-2-4-6-16/h2-10,19H,11-14H2,1H3,(H,23,26)(H,24,30)(H,25,29)(H,27,28)/t19-/m0/s1. The van der Waals surface area contributed by atoms with Crippen molar-refractivity contribution < 1.29 is 24.3 Å². The van der Waals surface area contributed by atoms with Gasteiger partial charge < -0.3 is 21.1 Å². The topological polar surface area (TPSA) is 125 Å². The van der Waals surface area contributed by atoms with Crippen molar-refractivity contribution in [3.8, 4) is 11.1 Å². The van der Waals surface area contributed by atoms with Crippen molar-refractivity contribution in [1.29, 1.82) is 0 Å². The van der Waals surface area contributed by atoms with Gasteiger partial charge >= 0.3 is 5.97 Å². The van der Waals surface area contributed by atoms with Gasteiger partial charge in [0.1, 0.15) is 6.04 Å². The van der Waals surface area contributed by atoms with Crippen molar-refractivity contribution in [3.63, 3.8) is 0 Å². The largest absolute Gasteiger partial charge is 0.481 e. The van der Waals surface area contributed by atoms with Gasteiger partial charge in [-0.25, -0.2) is 0 Å². The van der Waals surface area contributed by atoms with Gasteiger partial charge in [0.2, 0.25) is 11.8 Å². The molecule has 8 heteroatoms. The van der Waals surface area contributed by atoms with Gasteiger partial charge in [-0.3, -0.25) is 19.2 Å². The highest BCUT2D eigenvalue weighted by Crippen LogP contribution is 2.19. The lowest BCUT2D eigenvalue weighted by Crippen LogP contribution is -2.48. The maximum atomic E-state index is 12.6. The van der Waals surface area contributed by atoms with E-state index in [0.29, 0.717) is 5.56 Å². The van der Waals surface area contributed by atoms with E-state index in [2.05, 4.69) is 16.0 Å². The SMILES string of the molecule is CC(=O)NCCNC(=O)[C@H](CCC(=O)O)NC(=O)c1ccc(-c2ccccc2)cc1. The number of nitrogens with one attached hydrogen (secondary N) is 3. The molecular formula is C22H25N3O5. The molecule has 0 saturated carbocycles. The number of carbonyl (C=O) groups excluding carboxylic acids is 3. The van der Waals surface area contributed by atoms with Crippen molar-refractivity contribution >= 4 is 23.7 Å². The third kappa shape index (κ3) is 7.38. The van der Waals surface area contributed by atoms with Crippen molar-refractivity contribution in [3.05, 3.63) is 60.2 Å². The molecule has 0 heterocycles. The molecule has 1 atom stereocenters. The molecule has 158 valence electrons. The van der Waals surface area contributed by atoms with Crippen LogP contribution >= 0.6 is 0 Å². The summed E-state index contributed by atoms with van der Waals surface area (Å²) in [5.74, 6) is -2.26. The first-order valence-electron chi connectivity index (χ1n) is 9.57. The minimum absolute atomic E-state index is 0.0465. The van der Waals surface area contributed by atoms with Crippen molar-refractivity contribution in [2.24, 2.45) is 0 Å². The van der Waals surface area contributed by atoms with Crippen molar-refractivity contribution in [2.75, 3.05) is 13.1 Å². The van der Waals surface area contributed by atoms with Crippen LogP contribution in [0.15, 0.2) is 54.6 Å². The van der Waals surface area contributed by atoms with Crippen molar-refractivity contribution in [1.82, 2.24) is 16.0 Å². The Morgan fingerprint density at radius 3 is 2.07 bits per heavy atom. The zero-order chi connectivity index (χ0) is 21.9. The Balaban J connectivity index is 2.00. The second-order valence-corrected chi connectivity index (χ2v) is 6.68. The first-order chi connectivity index (χ1) is 14.4.